The van der Waals surface area contributed by atoms with E-state index in [2.05, 4.69) is 128 Å². The third-order valence-corrected chi connectivity index (χ3v) is 9.78. The Morgan fingerprint density at radius 1 is 0.615 bits per heavy atom. The monoisotopic (exact) mass is 864 g/mol. The van der Waals surface area contributed by atoms with Crippen molar-refractivity contribution in [2.45, 2.75) is 80.1 Å². The van der Waals surface area contributed by atoms with Gasteiger partial charge in [0, 0.05) is 43.4 Å². The van der Waals surface area contributed by atoms with Crippen LogP contribution in [0.15, 0.2) is 108 Å². The number of fused-ring (bicyclic) bond motifs is 3. The van der Waals surface area contributed by atoms with Crippen molar-refractivity contribution in [1.82, 2.24) is 15.0 Å². The van der Waals surface area contributed by atoms with Gasteiger partial charge in [-0.15, -0.1) is 54.1 Å². The molecule has 0 amide bonds. The summed E-state index contributed by atoms with van der Waals surface area (Å²) >= 11 is 0. The van der Waals surface area contributed by atoms with E-state index in [0.717, 1.165) is 44.6 Å². The van der Waals surface area contributed by atoms with Crippen LogP contribution in [0.4, 0.5) is 0 Å². The van der Waals surface area contributed by atoms with E-state index in [1.165, 1.54) is 27.8 Å². The van der Waals surface area contributed by atoms with Gasteiger partial charge in [0.05, 0.1) is 11.3 Å². The normalized spacial score (nSPS) is 11.5. The fourth-order valence-electron chi connectivity index (χ4n) is 7.41. The molecule has 0 aliphatic carbocycles. The molecular formula is C47H49IrN3O-2. The number of aryl methyl sites for hydroxylation is 1. The minimum Gasteiger partial charge on any atom is -0.486 e. The molecule has 0 atom stereocenters. The molecule has 3 aromatic carbocycles. The summed E-state index contributed by atoms with van der Waals surface area (Å²) in [5.41, 5.74) is 12.7. The summed E-state index contributed by atoms with van der Waals surface area (Å²) in [7, 11) is 0. The zero-order chi connectivity index (χ0) is 36.2. The van der Waals surface area contributed by atoms with Crippen LogP contribution in [0, 0.1) is 30.9 Å². The molecule has 7 rings (SSSR count). The number of hydrogen-bond donors (Lipinski definition) is 0. The van der Waals surface area contributed by atoms with E-state index in [0.29, 0.717) is 35.3 Å². The fourth-order valence-corrected chi connectivity index (χ4v) is 7.41. The summed E-state index contributed by atoms with van der Waals surface area (Å²) in [5.74, 6) is 2.38. The standard InChI is InChI=1S/C36H41N2O.C11H8N.Ir/c1-20(2)25-12-10-13-26(21(3)4)34(25)31-17-16-28-27-14-11-15-29(35(27)39-36(28)38-31)32-18-24(9)30(19-37-32)33(22(5)6)23(7)8;1-2-6-10(7-3-1)11-8-4-5-9-12-11;/h10-14,16-23,33H,1-9H3;1-6,8-9H;/q2*-1;. The van der Waals surface area contributed by atoms with Gasteiger partial charge in [0.1, 0.15) is 0 Å². The van der Waals surface area contributed by atoms with Gasteiger partial charge in [-0.3, -0.25) is 0 Å². The van der Waals surface area contributed by atoms with Crippen molar-refractivity contribution in [2.75, 3.05) is 0 Å². The van der Waals surface area contributed by atoms with Crippen LogP contribution in [-0.2, 0) is 20.1 Å². The Hall–Kier alpha value is -4.44. The Balaban J connectivity index is 0.000000339. The van der Waals surface area contributed by atoms with Crippen molar-refractivity contribution in [1.29, 1.82) is 0 Å². The maximum atomic E-state index is 6.51. The first kappa shape index (κ1) is 38.8. The van der Waals surface area contributed by atoms with E-state index >= 15 is 0 Å². The molecule has 0 saturated carbocycles. The molecule has 0 unspecified atom stereocenters. The zero-order valence-electron chi connectivity index (χ0n) is 31.8. The predicted molar refractivity (Wildman–Crippen MR) is 213 cm³/mol. The van der Waals surface area contributed by atoms with Crippen LogP contribution < -0.4 is 0 Å². The van der Waals surface area contributed by atoms with E-state index in [1.807, 2.05) is 48.5 Å². The molecule has 0 aliphatic heterocycles. The third kappa shape index (κ3) is 8.12. The van der Waals surface area contributed by atoms with E-state index < -0.39 is 0 Å². The van der Waals surface area contributed by atoms with E-state index in [4.69, 9.17) is 14.4 Å². The summed E-state index contributed by atoms with van der Waals surface area (Å²) < 4.78 is 6.51. The summed E-state index contributed by atoms with van der Waals surface area (Å²) in [6, 6.07) is 37.4. The van der Waals surface area contributed by atoms with Gasteiger partial charge in [-0.1, -0.05) is 108 Å². The third-order valence-electron chi connectivity index (χ3n) is 9.78. The SMILES string of the molecule is Cc1cc(-c2[c-]ccc3c2oc2nc(-c4c(C(C)C)cccc4C(C)C)ccc23)ncc1C(C(C)C)C(C)C.[Ir].[c-]1ccccc1-c1ccccn1. The van der Waals surface area contributed by atoms with Crippen LogP contribution in [-0.4, -0.2) is 15.0 Å². The molecule has 0 N–H and O–H groups in total. The molecule has 4 aromatic heterocycles. The molecule has 269 valence electrons. The number of aromatic nitrogens is 3. The smallest absolute Gasteiger partial charge is 0.216 e. The molecule has 0 fully saturated rings. The molecule has 4 heterocycles. The molecule has 0 spiro atoms. The minimum atomic E-state index is 0. The summed E-state index contributed by atoms with van der Waals surface area (Å²) in [4.78, 5) is 14.2. The van der Waals surface area contributed by atoms with Gasteiger partial charge in [-0.2, -0.15) is 0 Å². The molecule has 52 heavy (non-hydrogen) atoms. The predicted octanol–water partition coefficient (Wildman–Crippen LogP) is 13.0. The first-order valence-electron chi connectivity index (χ1n) is 18.3. The number of benzene rings is 3. The molecule has 7 aromatic rings. The Bertz CT molecular complexity index is 2170. The van der Waals surface area contributed by atoms with Gasteiger partial charge in [0.15, 0.2) is 0 Å². The van der Waals surface area contributed by atoms with E-state index in [1.54, 1.807) is 6.20 Å². The largest absolute Gasteiger partial charge is 0.486 e. The first-order chi connectivity index (χ1) is 24.5. The van der Waals surface area contributed by atoms with Gasteiger partial charge >= 0.3 is 0 Å². The average molecular weight is 864 g/mol. The van der Waals surface area contributed by atoms with Crippen LogP contribution in [0.2, 0.25) is 0 Å². The van der Waals surface area contributed by atoms with E-state index in [-0.39, 0.29) is 20.1 Å². The van der Waals surface area contributed by atoms with Gasteiger partial charge in [-0.25, -0.2) is 4.98 Å². The number of rotatable bonds is 8. The molecule has 0 bridgehead atoms. The number of furan rings is 1. The Morgan fingerprint density at radius 2 is 1.33 bits per heavy atom. The van der Waals surface area contributed by atoms with Crippen molar-refractivity contribution in [3.05, 3.63) is 138 Å². The molecule has 1 radical (unpaired) electrons. The second-order valence-electron chi connectivity index (χ2n) is 14.8. The van der Waals surface area contributed by atoms with Crippen LogP contribution in [0.1, 0.15) is 95.4 Å². The average Bonchev–Trinajstić information content (AvgIpc) is 3.51. The van der Waals surface area contributed by atoms with Crippen molar-refractivity contribution < 1.29 is 24.5 Å². The van der Waals surface area contributed by atoms with Gasteiger partial charge in [0.25, 0.3) is 0 Å². The second-order valence-corrected chi connectivity index (χ2v) is 14.8. The molecule has 5 heteroatoms. The van der Waals surface area contributed by atoms with Crippen LogP contribution in [0.3, 0.4) is 0 Å². The first-order valence-corrected chi connectivity index (χ1v) is 18.3. The number of hydrogen-bond acceptors (Lipinski definition) is 4. The van der Waals surface area contributed by atoms with Crippen LogP contribution in [0.25, 0.3) is 55.8 Å². The van der Waals surface area contributed by atoms with Gasteiger partial charge < -0.3 is 14.4 Å². The van der Waals surface area contributed by atoms with Gasteiger partial charge in [-0.05, 0) is 82.8 Å². The molecule has 0 saturated heterocycles. The summed E-state index contributed by atoms with van der Waals surface area (Å²) in [6.07, 6.45) is 3.85. The van der Waals surface area contributed by atoms with Gasteiger partial charge in [0.2, 0.25) is 5.71 Å². The minimum absolute atomic E-state index is 0. The maximum absolute atomic E-state index is 6.51. The Kier molecular flexibility index (Phi) is 12.6. The number of pyridine rings is 3. The summed E-state index contributed by atoms with van der Waals surface area (Å²) in [5, 5.41) is 2.06. The van der Waals surface area contributed by atoms with Crippen molar-refractivity contribution in [2.24, 2.45) is 11.8 Å². The second kappa shape index (κ2) is 16.9. The van der Waals surface area contributed by atoms with Crippen LogP contribution >= 0.6 is 0 Å². The molecule has 4 nitrogen and oxygen atoms in total. The quantitative estimate of drug-likeness (QED) is 0.143. The summed E-state index contributed by atoms with van der Waals surface area (Å²) in [6.45, 7) is 20.4. The van der Waals surface area contributed by atoms with Crippen molar-refractivity contribution in [3.63, 3.8) is 0 Å². The zero-order valence-corrected chi connectivity index (χ0v) is 34.2. The fraction of sp³-hybridized carbons (Fsp3) is 0.298. The number of nitrogens with zero attached hydrogens (tertiary/aromatic N) is 3. The maximum Gasteiger partial charge on any atom is 0.216 e. The Labute approximate surface area is 323 Å². The topological polar surface area (TPSA) is 51.8 Å². The molecular weight excluding hydrogens is 815 g/mol. The van der Waals surface area contributed by atoms with Crippen LogP contribution in [0.5, 0.6) is 0 Å². The van der Waals surface area contributed by atoms with E-state index in [9.17, 15) is 0 Å². The van der Waals surface area contributed by atoms with Crippen molar-refractivity contribution in [3.8, 4) is 33.8 Å². The van der Waals surface area contributed by atoms with Crippen molar-refractivity contribution >= 4 is 22.1 Å². The molecule has 0 aliphatic rings. The Morgan fingerprint density at radius 3 is 1.92 bits per heavy atom.